The van der Waals surface area contributed by atoms with Gasteiger partial charge in [0.15, 0.2) is 0 Å². The van der Waals surface area contributed by atoms with Crippen LogP contribution in [0.1, 0.15) is 13.8 Å². The van der Waals surface area contributed by atoms with Crippen LogP contribution in [0, 0.1) is 5.82 Å². The van der Waals surface area contributed by atoms with E-state index in [-0.39, 0.29) is 17.9 Å². The molecule has 0 unspecified atom stereocenters. The number of urea groups is 1. The second-order valence-corrected chi connectivity index (χ2v) is 6.10. The Morgan fingerprint density at radius 3 is 2.92 bits per heavy atom. The summed E-state index contributed by atoms with van der Waals surface area (Å²) in [5.41, 5.74) is 0. The number of ether oxygens (including phenoxy) is 1. The molecule has 7 nitrogen and oxygen atoms in total. The number of amides is 2. The van der Waals surface area contributed by atoms with Crippen molar-refractivity contribution in [1.82, 2.24) is 20.2 Å². The molecular weight excluding hydrogens is 337 g/mol. The molecule has 138 valence electrons. The number of anilines is 1. The standard InChI is InChI=1S/C18H22FN5O2/c1-3-20-18(25)24-8-7-23(11-13(24)2)16-10-17(22-12-21-16)26-15-6-4-5-14(19)9-15/h4-6,9-10,12-13H,3,7-8,11H2,1-2H3,(H,20,25)/t13-/m1/s1. The fourth-order valence-corrected chi connectivity index (χ4v) is 2.93. The fourth-order valence-electron chi connectivity index (χ4n) is 2.93. The number of piperazine rings is 1. The van der Waals surface area contributed by atoms with E-state index in [1.54, 1.807) is 18.2 Å². The second-order valence-electron chi connectivity index (χ2n) is 6.10. The maximum atomic E-state index is 13.3. The number of benzene rings is 1. The van der Waals surface area contributed by atoms with Gasteiger partial charge in [-0.2, -0.15) is 0 Å². The van der Waals surface area contributed by atoms with Crippen LogP contribution in [0.4, 0.5) is 15.0 Å². The van der Waals surface area contributed by atoms with Crippen molar-refractivity contribution >= 4 is 11.8 Å². The van der Waals surface area contributed by atoms with Gasteiger partial charge in [0.05, 0.1) is 0 Å². The Bertz CT molecular complexity index is 773. The molecule has 1 fully saturated rings. The largest absolute Gasteiger partial charge is 0.439 e. The molecule has 1 atom stereocenters. The normalized spacial score (nSPS) is 17.1. The van der Waals surface area contributed by atoms with Crippen LogP contribution in [0.2, 0.25) is 0 Å². The third-order valence-corrected chi connectivity index (χ3v) is 4.19. The Morgan fingerprint density at radius 2 is 2.19 bits per heavy atom. The fraction of sp³-hybridized carbons (Fsp3) is 0.389. The molecule has 1 N–H and O–H groups in total. The summed E-state index contributed by atoms with van der Waals surface area (Å²) in [7, 11) is 0. The molecule has 0 bridgehead atoms. The van der Waals surface area contributed by atoms with E-state index in [0.717, 1.165) is 0 Å². The van der Waals surface area contributed by atoms with Crippen LogP contribution in [0.25, 0.3) is 0 Å². The van der Waals surface area contributed by atoms with Crippen LogP contribution in [0.5, 0.6) is 11.6 Å². The molecule has 8 heteroatoms. The maximum absolute atomic E-state index is 13.3. The summed E-state index contributed by atoms with van der Waals surface area (Å²) in [4.78, 5) is 24.4. The summed E-state index contributed by atoms with van der Waals surface area (Å²) >= 11 is 0. The van der Waals surface area contributed by atoms with Crippen molar-refractivity contribution < 1.29 is 13.9 Å². The first-order valence-corrected chi connectivity index (χ1v) is 8.61. The molecule has 3 rings (SSSR count). The number of hydrogen-bond acceptors (Lipinski definition) is 5. The molecule has 0 radical (unpaired) electrons. The van der Waals surface area contributed by atoms with Crippen LogP contribution >= 0.6 is 0 Å². The van der Waals surface area contributed by atoms with Gasteiger partial charge in [-0.3, -0.25) is 0 Å². The van der Waals surface area contributed by atoms with Gasteiger partial charge in [-0.05, 0) is 26.0 Å². The minimum Gasteiger partial charge on any atom is -0.439 e. The molecule has 1 aromatic heterocycles. The zero-order valence-electron chi connectivity index (χ0n) is 14.9. The van der Waals surface area contributed by atoms with Crippen molar-refractivity contribution in [2.24, 2.45) is 0 Å². The minimum atomic E-state index is -0.368. The lowest BCUT2D eigenvalue weighted by molar-refractivity contribution is 0.172. The van der Waals surface area contributed by atoms with Gasteiger partial charge >= 0.3 is 6.03 Å². The Balaban J connectivity index is 1.68. The highest BCUT2D eigenvalue weighted by Gasteiger charge is 2.28. The SMILES string of the molecule is CCNC(=O)N1CCN(c2cc(Oc3cccc(F)c3)ncn2)C[C@H]1C. The van der Waals surface area contributed by atoms with Gasteiger partial charge in [0.2, 0.25) is 5.88 Å². The predicted octanol–water partition coefficient (Wildman–Crippen LogP) is 2.65. The van der Waals surface area contributed by atoms with Gasteiger partial charge < -0.3 is 19.9 Å². The van der Waals surface area contributed by atoms with E-state index in [0.29, 0.717) is 43.6 Å². The molecule has 2 heterocycles. The van der Waals surface area contributed by atoms with Gasteiger partial charge in [0.1, 0.15) is 23.7 Å². The third kappa shape index (κ3) is 4.19. The zero-order valence-corrected chi connectivity index (χ0v) is 14.9. The zero-order chi connectivity index (χ0) is 18.5. The number of hydrogen-bond donors (Lipinski definition) is 1. The van der Waals surface area contributed by atoms with E-state index in [9.17, 15) is 9.18 Å². The van der Waals surface area contributed by atoms with Crippen molar-refractivity contribution in [2.75, 3.05) is 31.1 Å². The van der Waals surface area contributed by atoms with E-state index in [2.05, 4.69) is 20.2 Å². The lowest BCUT2D eigenvalue weighted by Gasteiger charge is -2.40. The number of carbonyl (C=O) groups is 1. The van der Waals surface area contributed by atoms with Gasteiger partial charge in [-0.25, -0.2) is 19.2 Å². The summed E-state index contributed by atoms with van der Waals surface area (Å²) in [6.45, 7) is 6.45. The van der Waals surface area contributed by atoms with Gasteiger partial charge in [0.25, 0.3) is 0 Å². The van der Waals surface area contributed by atoms with Crippen molar-refractivity contribution in [2.45, 2.75) is 19.9 Å². The molecule has 1 aromatic carbocycles. The molecule has 2 aromatic rings. The minimum absolute atomic E-state index is 0.0440. The van der Waals surface area contributed by atoms with E-state index in [4.69, 9.17) is 4.74 Å². The number of rotatable bonds is 4. The highest BCUT2D eigenvalue weighted by atomic mass is 19.1. The predicted molar refractivity (Wildman–Crippen MR) is 96.0 cm³/mol. The molecule has 1 saturated heterocycles. The molecule has 0 spiro atoms. The topological polar surface area (TPSA) is 70.6 Å². The van der Waals surface area contributed by atoms with Crippen LogP contribution in [0.15, 0.2) is 36.7 Å². The Kier molecular flexibility index (Phi) is 5.50. The highest BCUT2D eigenvalue weighted by Crippen LogP contribution is 2.24. The van der Waals surface area contributed by atoms with E-state index < -0.39 is 0 Å². The highest BCUT2D eigenvalue weighted by molar-refractivity contribution is 5.74. The average molecular weight is 359 g/mol. The number of nitrogens with one attached hydrogen (secondary N) is 1. The smallest absolute Gasteiger partial charge is 0.317 e. The first-order valence-electron chi connectivity index (χ1n) is 8.61. The first kappa shape index (κ1) is 17.9. The van der Waals surface area contributed by atoms with Gasteiger partial charge in [-0.1, -0.05) is 6.07 Å². The van der Waals surface area contributed by atoms with Crippen molar-refractivity contribution in [3.8, 4) is 11.6 Å². The van der Waals surface area contributed by atoms with Crippen molar-refractivity contribution in [1.29, 1.82) is 0 Å². The van der Waals surface area contributed by atoms with E-state index in [1.165, 1.54) is 18.5 Å². The van der Waals surface area contributed by atoms with Crippen LogP contribution in [-0.2, 0) is 0 Å². The number of carbonyl (C=O) groups excluding carboxylic acids is 1. The van der Waals surface area contributed by atoms with Gasteiger partial charge in [-0.15, -0.1) is 0 Å². The molecular formula is C18H22FN5O2. The Labute approximate surface area is 151 Å². The lowest BCUT2D eigenvalue weighted by Crippen LogP contribution is -2.56. The summed E-state index contributed by atoms with van der Waals surface area (Å²) in [6.07, 6.45) is 1.42. The number of halogens is 1. The average Bonchev–Trinajstić information content (AvgIpc) is 2.62. The van der Waals surface area contributed by atoms with Crippen molar-refractivity contribution in [3.05, 3.63) is 42.5 Å². The second kappa shape index (κ2) is 7.99. The number of aromatic nitrogens is 2. The van der Waals surface area contributed by atoms with Crippen LogP contribution in [0.3, 0.4) is 0 Å². The van der Waals surface area contributed by atoms with E-state index >= 15 is 0 Å². The summed E-state index contributed by atoms with van der Waals surface area (Å²) in [6, 6.07) is 7.63. The lowest BCUT2D eigenvalue weighted by atomic mass is 10.2. The van der Waals surface area contributed by atoms with Gasteiger partial charge in [0, 0.05) is 44.4 Å². The summed E-state index contributed by atoms with van der Waals surface area (Å²) < 4.78 is 18.9. The molecule has 2 amide bonds. The summed E-state index contributed by atoms with van der Waals surface area (Å²) in [5.74, 6) is 1.07. The summed E-state index contributed by atoms with van der Waals surface area (Å²) in [5, 5.41) is 2.83. The quantitative estimate of drug-likeness (QED) is 0.909. The first-order chi connectivity index (χ1) is 12.6. The van der Waals surface area contributed by atoms with Crippen LogP contribution < -0.4 is 15.0 Å². The monoisotopic (exact) mass is 359 g/mol. The molecule has 26 heavy (non-hydrogen) atoms. The van der Waals surface area contributed by atoms with E-state index in [1.807, 2.05) is 18.7 Å². The third-order valence-electron chi connectivity index (χ3n) is 4.19. The molecule has 0 aliphatic carbocycles. The Hall–Kier alpha value is -2.90. The molecule has 0 saturated carbocycles. The van der Waals surface area contributed by atoms with Crippen LogP contribution in [-0.4, -0.2) is 53.1 Å². The Morgan fingerprint density at radius 1 is 1.35 bits per heavy atom. The molecule has 1 aliphatic rings. The maximum Gasteiger partial charge on any atom is 0.317 e. The molecule has 1 aliphatic heterocycles. The number of nitrogens with zero attached hydrogens (tertiary/aromatic N) is 4. The van der Waals surface area contributed by atoms with Crippen molar-refractivity contribution in [3.63, 3.8) is 0 Å².